The predicted octanol–water partition coefficient (Wildman–Crippen LogP) is -0.459. The number of nitrogens with two attached hydrogens (primary N) is 1. The number of carbonyl (C=O) groups excluding carboxylic acids is 1. The molecule has 0 unspecified atom stereocenters. The van der Waals surface area contributed by atoms with Gasteiger partial charge in [0.05, 0.1) is 39.8 Å². The van der Waals surface area contributed by atoms with Crippen LogP contribution in [0.3, 0.4) is 0 Å². The zero-order valence-electron chi connectivity index (χ0n) is 7.74. The van der Waals surface area contributed by atoms with Crippen LogP contribution in [0.25, 0.3) is 0 Å². The molecule has 0 spiro atoms. The van der Waals surface area contributed by atoms with Crippen LogP contribution in [0.4, 0.5) is 0 Å². The zero-order valence-corrected chi connectivity index (χ0v) is 7.74. The minimum Gasteiger partial charge on any atom is -0.379 e. The van der Waals surface area contributed by atoms with Crippen LogP contribution in [0.15, 0.2) is 0 Å². The molecule has 5 heteroatoms. The van der Waals surface area contributed by atoms with Gasteiger partial charge in [-0.05, 0) is 0 Å². The van der Waals surface area contributed by atoms with Gasteiger partial charge in [0.1, 0.15) is 6.29 Å². The summed E-state index contributed by atoms with van der Waals surface area (Å²) in [6, 6.07) is 0. The summed E-state index contributed by atoms with van der Waals surface area (Å²) in [6.07, 6.45) is 1.27. The third kappa shape index (κ3) is 11.5. The lowest BCUT2D eigenvalue weighted by molar-refractivity contribution is -0.108. The smallest absolute Gasteiger partial charge is 0.122 e. The topological polar surface area (TPSA) is 70.8 Å². The summed E-state index contributed by atoms with van der Waals surface area (Å²) in [5.74, 6) is 0. The number of aldehydes is 1. The van der Waals surface area contributed by atoms with Crippen molar-refractivity contribution in [3.05, 3.63) is 0 Å². The molecule has 0 fully saturated rings. The van der Waals surface area contributed by atoms with E-state index in [0.29, 0.717) is 39.5 Å². The van der Waals surface area contributed by atoms with Crippen LogP contribution < -0.4 is 5.73 Å². The third-order valence-corrected chi connectivity index (χ3v) is 1.24. The third-order valence-electron chi connectivity index (χ3n) is 1.24. The number of hydrogen-bond donors (Lipinski definition) is 1. The Bertz CT molecular complexity index is 110. The van der Waals surface area contributed by atoms with Gasteiger partial charge >= 0.3 is 0 Å². The molecule has 0 amide bonds. The maximum atomic E-state index is 9.87. The van der Waals surface area contributed by atoms with E-state index in [2.05, 4.69) is 0 Å². The van der Waals surface area contributed by atoms with E-state index in [0.717, 1.165) is 6.29 Å². The average molecular weight is 191 g/mol. The Morgan fingerprint density at radius 1 is 0.923 bits per heavy atom. The molecule has 0 atom stereocenters. The van der Waals surface area contributed by atoms with Gasteiger partial charge in [0, 0.05) is 6.42 Å². The Morgan fingerprint density at radius 2 is 1.46 bits per heavy atom. The second-order valence-corrected chi connectivity index (χ2v) is 2.26. The first-order chi connectivity index (χ1) is 6.41. The number of hydrogen-bond acceptors (Lipinski definition) is 5. The second-order valence-electron chi connectivity index (χ2n) is 2.26. The summed E-state index contributed by atoms with van der Waals surface area (Å²) in [4.78, 5) is 9.87. The molecule has 78 valence electrons. The first-order valence-electron chi connectivity index (χ1n) is 4.28. The molecule has 0 aromatic heterocycles. The number of carbonyl (C=O) groups is 1. The maximum absolute atomic E-state index is 9.87. The maximum Gasteiger partial charge on any atom is 0.122 e. The fourth-order valence-electron chi connectivity index (χ4n) is 0.655. The number of ether oxygens (including phenoxy) is 3. The Balaban J connectivity index is 2.79. The molecule has 0 saturated heterocycles. The molecule has 0 aliphatic rings. The van der Waals surface area contributed by atoms with Gasteiger partial charge in [-0.3, -0.25) is 0 Å². The molecule has 0 rings (SSSR count). The molecule has 0 aliphatic heterocycles. The van der Waals surface area contributed by atoms with E-state index in [9.17, 15) is 4.79 Å². The van der Waals surface area contributed by atoms with Crippen LogP contribution in [-0.2, 0) is 19.0 Å². The summed E-state index contributed by atoms with van der Waals surface area (Å²) in [5, 5.41) is 0. The molecule has 0 aliphatic carbocycles. The Labute approximate surface area is 78.1 Å². The quantitative estimate of drug-likeness (QED) is 0.287. The minimum atomic E-state index is 0.221. The standard InChI is InChI=1S/C8H17NO4/c9-8-13-7-6-12-5-4-11-3-1-2-10/h2H,1,3-9H2. The molecule has 0 radical (unpaired) electrons. The Kier molecular flexibility index (Phi) is 11.1. The van der Waals surface area contributed by atoms with Crippen molar-refractivity contribution in [2.45, 2.75) is 6.42 Å². The summed E-state index contributed by atoms with van der Waals surface area (Å²) >= 11 is 0. The molecule has 13 heavy (non-hydrogen) atoms. The van der Waals surface area contributed by atoms with Crippen molar-refractivity contribution in [1.82, 2.24) is 0 Å². The van der Waals surface area contributed by atoms with Crippen molar-refractivity contribution in [3.8, 4) is 0 Å². The summed E-state index contributed by atoms with van der Waals surface area (Å²) in [5.41, 5.74) is 5.09. The highest BCUT2D eigenvalue weighted by molar-refractivity contribution is 5.49. The highest BCUT2D eigenvalue weighted by atomic mass is 16.5. The largest absolute Gasteiger partial charge is 0.379 e. The highest BCUT2D eigenvalue weighted by Crippen LogP contribution is 1.81. The fraction of sp³-hybridized carbons (Fsp3) is 0.875. The summed E-state index contributed by atoms with van der Waals surface area (Å²) in [6.45, 7) is 2.74. The molecule has 5 nitrogen and oxygen atoms in total. The van der Waals surface area contributed by atoms with E-state index in [1.54, 1.807) is 0 Å². The van der Waals surface area contributed by atoms with Gasteiger partial charge in [-0.2, -0.15) is 0 Å². The van der Waals surface area contributed by atoms with Gasteiger partial charge in [0.25, 0.3) is 0 Å². The summed E-state index contributed by atoms with van der Waals surface area (Å²) < 4.78 is 15.0. The van der Waals surface area contributed by atoms with Crippen molar-refractivity contribution in [2.75, 3.05) is 39.8 Å². The highest BCUT2D eigenvalue weighted by Gasteiger charge is 1.89. The lowest BCUT2D eigenvalue weighted by Crippen LogP contribution is -2.12. The normalized spacial score (nSPS) is 10.2. The molecule has 0 aromatic rings. The van der Waals surface area contributed by atoms with Crippen molar-refractivity contribution in [1.29, 1.82) is 0 Å². The van der Waals surface area contributed by atoms with Crippen LogP contribution in [0, 0.1) is 0 Å². The van der Waals surface area contributed by atoms with Gasteiger partial charge in [0.2, 0.25) is 0 Å². The first-order valence-corrected chi connectivity index (χ1v) is 4.28. The van der Waals surface area contributed by atoms with Gasteiger partial charge in [-0.1, -0.05) is 0 Å². The van der Waals surface area contributed by atoms with Gasteiger partial charge in [0.15, 0.2) is 0 Å². The van der Waals surface area contributed by atoms with Gasteiger partial charge < -0.3 is 24.7 Å². The van der Waals surface area contributed by atoms with Crippen LogP contribution in [0.2, 0.25) is 0 Å². The lowest BCUT2D eigenvalue weighted by atomic mass is 10.5. The molecule has 0 heterocycles. The lowest BCUT2D eigenvalue weighted by Gasteiger charge is -2.04. The SMILES string of the molecule is NCOCCOCCOCCC=O. The van der Waals surface area contributed by atoms with E-state index in [4.69, 9.17) is 19.9 Å². The zero-order chi connectivity index (χ0) is 9.78. The van der Waals surface area contributed by atoms with Crippen molar-refractivity contribution in [2.24, 2.45) is 5.73 Å². The van der Waals surface area contributed by atoms with Crippen molar-refractivity contribution >= 4 is 6.29 Å². The number of rotatable bonds is 10. The average Bonchev–Trinajstić information content (AvgIpc) is 2.16. The molecule has 0 bridgehead atoms. The van der Waals surface area contributed by atoms with Crippen LogP contribution >= 0.6 is 0 Å². The van der Waals surface area contributed by atoms with E-state index >= 15 is 0 Å². The molecular formula is C8H17NO4. The van der Waals surface area contributed by atoms with Gasteiger partial charge in [-0.25, -0.2) is 0 Å². The first kappa shape index (κ1) is 12.5. The minimum absolute atomic E-state index is 0.221. The van der Waals surface area contributed by atoms with Crippen LogP contribution in [0.1, 0.15) is 6.42 Å². The van der Waals surface area contributed by atoms with E-state index in [1.165, 1.54) is 0 Å². The van der Waals surface area contributed by atoms with Crippen LogP contribution in [0.5, 0.6) is 0 Å². The monoisotopic (exact) mass is 191 g/mol. The molecule has 0 saturated carbocycles. The Hall–Kier alpha value is -0.490. The van der Waals surface area contributed by atoms with E-state index < -0.39 is 0 Å². The molecule has 0 aromatic carbocycles. The second kappa shape index (κ2) is 11.5. The van der Waals surface area contributed by atoms with E-state index in [-0.39, 0.29) is 6.73 Å². The van der Waals surface area contributed by atoms with E-state index in [1.807, 2.05) is 0 Å². The van der Waals surface area contributed by atoms with Crippen LogP contribution in [-0.4, -0.2) is 46.1 Å². The summed E-state index contributed by atoms with van der Waals surface area (Å²) in [7, 11) is 0. The van der Waals surface area contributed by atoms with Gasteiger partial charge in [-0.15, -0.1) is 0 Å². The van der Waals surface area contributed by atoms with Crippen molar-refractivity contribution in [3.63, 3.8) is 0 Å². The molecule has 2 N–H and O–H groups in total. The molecular weight excluding hydrogens is 174 g/mol. The fourth-order valence-corrected chi connectivity index (χ4v) is 0.655. The Morgan fingerprint density at radius 3 is 2.00 bits per heavy atom. The van der Waals surface area contributed by atoms with Crippen molar-refractivity contribution < 1.29 is 19.0 Å². The predicted molar refractivity (Wildman–Crippen MR) is 47.3 cm³/mol.